The van der Waals surface area contributed by atoms with Crippen molar-refractivity contribution >= 4 is 39.6 Å². The third-order valence-corrected chi connectivity index (χ3v) is 6.52. The van der Waals surface area contributed by atoms with Crippen LogP contribution in [0.4, 0.5) is 5.13 Å². The molecule has 1 unspecified atom stereocenters. The van der Waals surface area contributed by atoms with Crippen LogP contribution >= 0.6 is 22.7 Å². The predicted octanol–water partition coefficient (Wildman–Crippen LogP) is 4.80. The van der Waals surface area contributed by atoms with Crippen molar-refractivity contribution < 1.29 is 9.59 Å². The molecular formula is C23H27N3O2S2. The second kappa shape index (κ2) is 10.00. The summed E-state index contributed by atoms with van der Waals surface area (Å²) in [5.41, 5.74) is 1.89. The van der Waals surface area contributed by atoms with E-state index in [1.165, 1.54) is 16.9 Å². The van der Waals surface area contributed by atoms with Gasteiger partial charge in [-0.3, -0.25) is 9.59 Å². The van der Waals surface area contributed by atoms with Gasteiger partial charge in [-0.2, -0.15) is 0 Å². The third-order valence-electron chi connectivity index (χ3n) is 4.83. The Morgan fingerprint density at radius 2 is 1.80 bits per heavy atom. The summed E-state index contributed by atoms with van der Waals surface area (Å²) < 4.78 is 0. The van der Waals surface area contributed by atoms with Crippen molar-refractivity contribution in [2.45, 2.75) is 51.5 Å². The molecule has 2 N–H and O–H groups in total. The fourth-order valence-electron chi connectivity index (χ4n) is 3.49. The van der Waals surface area contributed by atoms with E-state index in [9.17, 15) is 9.59 Å². The quantitative estimate of drug-likeness (QED) is 0.501. The molecule has 30 heavy (non-hydrogen) atoms. The lowest BCUT2D eigenvalue weighted by Crippen LogP contribution is -2.38. The number of anilines is 1. The molecule has 7 heteroatoms. The molecule has 0 radical (unpaired) electrons. The second-order valence-electron chi connectivity index (χ2n) is 8.05. The van der Waals surface area contributed by atoms with Crippen molar-refractivity contribution in [3.05, 3.63) is 69.4 Å². The van der Waals surface area contributed by atoms with Gasteiger partial charge in [0.15, 0.2) is 5.13 Å². The molecule has 2 amide bonds. The van der Waals surface area contributed by atoms with E-state index in [0.29, 0.717) is 17.2 Å². The van der Waals surface area contributed by atoms with E-state index < -0.39 is 0 Å². The van der Waals surface area contributed by atoms with Crippen LogP contribution in [0.2, 0.25) is 0 Å². The van der Waals surface area contributed by atoms with Crippen LogP contribution < -0.4 is 10.6 Å². The molecule has 0 spiro atoms. The summed E-state index contributed by atoms with van der Waals surface area (Å²) in [5, 5.41) is 10.2. The van der Waals surface area contributed by atoms with Gasteiger partial charge in [-0.1, -0.05) is 50.2 Å². The van der Waals surface area contributed by atoms with Crippen molar-refractivity contribution in [1.29, 1.82) is 0 Å². The lowest BCUT2D eigenvalue weighted by atomic mass is 9.79. The first-order chi connectivity index (χ1) is 14.3. The summed E-state index contributed by atoms with van der Waals surface area (Å²) in [6.07, 6.45) is 1.37. The number of carbonyl (C=O) groups excluding carboxylic acids is 2. The van der Waals surface area contributed by atoms with Gasteiger partial charge in [0.05, 0.1) is 18.5 Å². The molecule has 0 aliphatic heterocycles. The summed E-state index contributed by atoms with van der Waals surface area (Å²) in [6.45, 7) is 6.41. The van der Waals surface area contributed by atoms with E-state index in [1.807, 2.05) is 48.0 Å². The second-order valence-corrected chi connectivity index (χ2v) is 9.94. The van der Waals surface area contributed by atoms with Gasteiger partial charge in [-0.25, -0.2) is 4.98 Å². The SMILES string of the molecule is CC(CC(C)(C)c1ccccc1)NC(=O)Cc1csc(NC(=O)Cc2cccs2)n1. The normalized spacial score (nSPS) is 12.4. The zero-order valence-electron chi connectivity index (χ0n) is 17.5. The molecular weight excluding hydrogens is 414 g/mol. The Hall–Kier alpha value is -2.51. The molecule has 3 aromatic rings. The molecule has 3 rings (SSSR count). The standard InChI is InChI=1S/C23H27N3O2S2/c1-16(14-23(2,3)17-8-5-4-6-9-17)24-20(27)12-18-15-30-22(25-18)26-21(28)13-19-10-7-11-29-19/h4-11,15-16H,12-14H2,1-3H3,(H,24,27)(H,25,26,28). The molecule has 158 valence electrons. The Kier molecular flexibility index (Phi) is 7.39. The van der Waals surface area contributed by atoms with Gasteiger partial charge in [-0.15, -0.1) is 22.7 Å². The summed E-state index contributed by atoms with van der Waals surface area (Å²) in [6, 6.07) is 14.2. The number of hydrogen-bond donors (Lipinski definition) is 2. The zero-order chi connectivity index (χ0) is 21.6. The molecule has 0 aliphatic rings. The molecule has 0 fully saturated rings. The summed E-state index contributed by atoms with van der Waals surface area (Å²) in [5.74, 6) is -0.160. The first kappa shape index (κ1) is 22.2. The smallest absolute Gasteiger partial charge is 0.231 e. The van der Waals surface area contributed by atoms with E-state index in [1.54, 1.807) is 11.3 Å². The van der Waals surface area contributed by atoms with E-state index in [4.69, 9.17) is 0 Å². The molecule has 0 saturated carbocycles. The van der Waals surface area contributed by atoms with Gasteiger partial charge in [0.2, 0.25) is 11.8 Å². The number of thiophene rings is 1. The molecule has 2 aromatic heterocycles. The number of benzene rings is 1. The van der Waals surface area contributed by atoms with Crippen LogP contribution in [-0.4, -0.2) is 22.8 Å². The zero-order valence-corrected chi connectivity index (χ0v) is 19.1. The highest BCUT2D eigenvalue weighted by atomic mass is 32.1. The summed E-state index contributed by atoms with van der Waals surface area (Å²) in [7, 11) is 0. The van der Waals surface area contributed by atoms with Crippen molar-refractivity contribution in [2.24, 2.45) is 0 Å². The number of thiazole rings is 1. The minimum Gasteiger partial charge on any atom is -0.353 e. The van der Waals surface area contributed by atoms with Gasteiger partial charge in [0.25, 0.3) is 0 Å². The monoisotopic (exact) mass is 441 g/mol. The Balaban J connectivity index is 1.47. The Morgan fingerprint density at radius 1 is 1.03 bits per heavy atom. The molecule has 0 saturated heterocycles. The van der Waals surface area contributed by atoms with Crippen LogP contribution in [-0.2, 0) is 27.8 Å². The fraction of sp³-hybridized carbons (Fsp3) is 0.348. The van der Waals surface area contributed by atoms with Crippen LogP contribution in [0.5, 0.6) is 0 Å². The topological polar surface area (TPSA) is 71.1 Å². The highest BCUT2D eigenvalue weighted by Gasteiger charge is 2.24. The average molecular weight is 442 g/mol. The number of aromatic nitrogens is 1. The number of amides is 2. The van der Waals surface area contributed by atoms with Crippen LogP contribution in [0, 0.1) is 0 Å². The van der Waals surface area contributed by atoms with E-state index in [0.717, 1.165) is 11.3 Å². The van der Waals surface area contributed by atoms with Crippen LogP contribution in [0.15, 0.2) is 53.2 Å². The predicted molar refractivity (Wildman–Crippen MR) is 124 cm³/mol. The maximum Gasteiger partial charge on any atom is 0.231 e. The Labute approximate surface area is 185 Å². The highest BCUT2D eigenvalue weighted by Crippen LogP contribution is 2.28. The van der Waals surface area contributed by atoms with Gasteiger partial charge < -0.3 is 10.6 Å². The van der Waals surface area contributed by atoms with Gasteiger partial charge in [0, 0.05) is 16.3 Å². The first-order valence-corrected chi connectivity index (χ1v) is 11.7. The average Bonchev–Trinajstić information content (AvgIpc) is 3.34. The van der Waals surface area contributed by atoms with E-state index in [-0.39, 0.29) is 29.7 Å². The highest BCUT2D eigenvalue weighted by molar-refractivity contribution is 7.14. The van der Waals surface area contributed by atoms with Crippen molar-refractivity contribution in [2.75, 3.05) is 5.32 Å². The van der Waals surface area contributed by atoms with Crippen molar-refractivity contribution in [3.8, 4) is 0 Å². The number of nitrogens with one attached hydrogen (secondary N) is 2. The third kappa shape index (κ3) is 6.50. The van der Waals surface area contributed by atoms with Crippen molar-refractivity contribution in [1.82, 2.24) is 10.3 Å². The summed E-state index contributed by atoms with van der Waals surface area (Å²) in [4.78, 5) is 29.9. The van der Waals surface area contributed by atoms with E-state index in [2.05, 4.69) is 41.6 Å². The Bertz CT molecular complexity index is 966. The molecule has 2 heterocycles. The summed E-state index contributed by atoms with van der Waals surface area (Å²) >= 11 is 2.89. The first-order valence-electron chi connectivity index (χ1n) is 9.93. The molecule has 5 nitrogen and oxygen atoms in total. The minimum atomic E-state index is -0.0976. The van der Waals surface area contributed by atoms with Crippen molar-refractivity contribution in [3.63, 3.8) is 0 Å². The van der Waals surface area contributed by atoms with Crippen LogP contribution in [0.1, 0.15) is 43.3 Å². The number of rotatable bonds is 9. The maximum atomic E-state index is 12.5. The molecule has 1 aromatic carbocycles. The molecule has 1 atom stereocenters. The van der Waals surface area contributed by atoms with Gasteiger partial charge in [0.1, 0.15) is 0 Å². The number of carbonyl (C=O) groups is 2. The minimum absolute atomic E-state index is 0.0331. The number of nitrogens with zero attached hydrogens (tertiary/aromatic N) is 1. The van der Waals surface area contributed by atoms with Gasteiger partial charge >= 0.3 is 0 Å². The Morgan fingerprint density at radius 3 is 2.50 bits per heavy atom. The lowest BCUT2D eigenvalue weighted by molar-refractivity contribution is -0.121. The maximum absolute atomic E-state index is 12.5. The van der Waals surface area contributed by atoms with Gasteiger partial charge in [-0.05, 0) is 35.8 Å². The number of hydrogen-bond acceptors (Lipinski definition) is 5. The molecule has 0 bridgehead atoms. The lowest BCUT2D eigenvalue weighted by Gasteiger charge is -2.29. The van der Waals surface area contributed by atoms with E-state index >= 15 is 0 Å². The van der Waals surface area contributed by atoms with Crippen LogP contribution in [0.3, 0.4) is 0 Å². The largest absolute Gasteiger partial charge is 0.353 e. The molecule has 0 aliphatic carbocycles. The fourth-order valence-corrected chi connectivity index (χ4v) is 4.92. The van der Waals surface area contributed by atoms with Crippen LogP contribution in [0.25, 0.3) is 0 Å².